The van der Waals surface area contributed by atoms with Crippen molar-refractivity contribution in [1.82, 2.24) is 9.38 Å². The number of aromatic nitrogens is 2. The van der Waals surface area contributed by atoms with Crippen molar-refractivity contribution in [3.63, 3.8) is 0 Å². The molecule has 0 aromatic carbocycles. The SMILES string of the molecule is CC(C)(C)c1ccc2nccc(=O)n2c1. The highest BCUT2D eigenvalue weighted by atomic mass is 16.1. The molecule has 0 aliphatic carbocycles. The molecule has 0 atom stereocenters. The van der Waals surface area contributed by atoms with Gasteiger partial charge in [0, 0.05) is 18.5 Å². The Hall–Kier alpha value is -1.64. The molecule has 0 aliphatic rings. The Morgan fingerprint density at radius 1 is 1.20 bits per heavy atom. The summed E-state index contributed by atoms with van der Waals surface area (Å²) in [7, 11) is 0. The van der Waals surface area contributed by atoms with Crippen LogP contribution in [0.1, 0.15) is 26.3 Å². The van der Waals surface area contributed by atoms with E-state index in [1.807, 2.05) is 18.3 Å². The Labute approximate surface area is 88.4 Å². The number of hydrogen-bond acceptors (Lipinski definition) is 2. The molecule has 0 aliphatic heterocycles. The summed E-state index contributed by atoms with van der Waals surface area (Å²) in [4.78, 5) is 15.7. The van der Waals surface area contributed by atoms with Crippen molar-refractivity contribution in [2.45, 2.75) is 26.2 Å². The van der Waals surface area contributed by atoms with Gasteiger partial charge < -0.3 is 0 Å². The standard InChI is InChI=1S/C12H14N2O/c1-12(2,3)9-4-5-10-13-7-6-11(15)14(10)8-9/h4-8H,1-3H3. The third kappa shape index (κ3) is 1.77. The summed E-state index contributed by atoms with van der Waals surface area (Å²) in [5.41, 5.74) is 1.83. The molecular weight excluding hydrogens is 188 g/mol. The van der Waals surface area contributed by atoms with E-state index in [2.05, 4.69) is 25.8 Å². The van der Waals surface area contributed by atoms with E-state index < -0.39 is 0 Å². The van der Waals surface area contributed by atoms with E-state index in [4.69, 9.17) is 0 Å². The molecule has 2 heterocycles. The van der Waals surface area contributed by atoms with Crippen LogP contribution in [0.3, 0.4) is 0 Å². The lowest BCUT2D eigenvalue weighted by Gasteiger charge is -2.19. The van der Waals surface area contributed by atoms with Crippen molar-refractivity contribution < 1.29 is 0 Å². The van der Waals surface area contributed by atoms with Crippen LogP contribution in [-0.2, 0) is 5.41 Å². The van der Waals surface area contributed by atoms with E-state index in [0.717, 1.165) is 5.56 Å². The lowest BCUT2D eigenvalue weighted by Crippen LogP contribution is -2.17. The van der Waals surface area contributed by atoms with Gasteiger partial charge in [-0.25, -0.2) is 4.98 Å². The highest BCUT2D eigenvalue weighted by Crippen LogP contribution is 2.21. The first-order chi connectivity index (χ1) is 6.98. The van der Waals surface area contributed by atoms with Crippen molar-refractivity contribution in [3.8, 4) is 0 Å². The fraction of sp³-hybridized carbons (Fsp3) is 0.333. The Balaban J connectivity index is 2.76. The minimum absolute atomic E-state index is 0.0360. The average molecular weight is 202 g/mol. The summed E-state index contributed by atoms with van der Waals surface area (Å²) in [5.74, 6) is 0. The van der Waals surface area contributed by atoms with E-state index in [-0.39, 0.29) is 11.0 Å². The molecular formula is C12H14N2O. The van der Waals surface area contributed by atoms with Crippen molar-refractivity contribution in [2.24, 2.45) is 0 Å². The van der Waals surface area contributed by atoms with Gasteiger partial charge in [0.2, 0.25) is 0 Å². The first-order valence-electron chi connectivity index (χ1n) is 4.96. The zero-order valence-electron chi connectivity index (χ0n) is 9.19. The Kier molecular flexibility index (Phi) is 2.11. The van der Waals surface area contributed by atoms with Gasteiger partial charge in [0.05, 0.1) is 0 Å². The highest BCUT2D eigenvalue weighted by Gasteiger charge is 2.14. The molecule has 0 unspecified atom stereocenters. The quantitative estimate of drug-likeness (QED) is 0.654. The van der Waals surface area contributed by atoms with Gasteiger partial charge in [-0.15, -0.1) is 0 Å². The van der Waals surface area contributed by atoms with Crippen LogP contribution in [-0.4, -0.2) is 9.38 Å². The molecule has 2 aromatic rings. The van der Waals surface area contributed by atoms with Gasteiger partial charge in [-0.1, -0.05) is 26.8 Å². The van der Waals surface area contributed by atoms with E-state index in [0.29, 0.717) is 5.65 Å². The van der Waals surface area contributed by atoms with E-state index in [9.17, 15) is 4.79 Å². The van der Waals surface area contributed by atoms with Gasteiger partial charge in [0.1, 0.15) is 5.65 Å². The second-order valence-electron chi connectivity index (χ2n) is 4.68. The number of pyridine rings is 1. The highest BCUT2D eigenvalue weighted by molar-refractivity contribution is 5.40. The zero-order valence-corrected chi connectivity index (χ0v) is 9.19. The van der Waals surface area contributed by atoms with Gasteiger partial charge >= 0.3 is 0 Å². The topological polar surface area (TPSA) is 34.4 Å². The lowest BCUT2D eigenvalue weighted by atomic mass is 9.88. The minimum Gasteiger partial charge on any atom is -0.269 e. The second kappa shape index (κ2) is 3.19. The van der Waals surface area contributed by atoms with Crippen LogP contribution in [0, 0.1) is 0 Å². The molecule has 15 heavy (non-hydrogen) atoms. The monoisotopic (exact) mass is 202 g/mol. The van der Waals surface area contributed by atoms with Crippen molar-refractivity contribution in [2.75, 3.05) is 0 Å². The number of hydrogen-bond donors (Lipinski definition) is 0. The molecule has 0 N–H and O–H groups in total. The van der Waals surface area contributed by atoms with Crippen LogP contribution in [0.4, 0.5) is 0 Å². The molecule has 0 fully saturated rings. The zero-order chi connectivity index (χ0) is 11.1. The summed E-state index contributed by atoms with van der Waals surface area (Å²) >= 11 is 0. The maximum Gasteiger partial charge on any atom is 0.257 e. The predicted molar refractivity (Wildman–Crippen MR) is 60.2 cm³/mol. The minimum atomic E-state index is -0.0360. The normalized spacial score (nSPS) is 11.9. The van der Waals surface area contributed by atoms with Gasteiger partial charge in [-0.05, 0) is 17.0 Å². The van der Waals surface area contributed by atoms with Crippen LogP contribution in [0.5, 0.6) is 0 Å². The molecule has 3 nitrogen and oxygen atoms in total. The molecule has 0 radical (unpaired) electrons. The van der Waals surface area contributed by atoms with Crippen molar-refractivity contribution >= 4 is 5.65 Å². The fourth-order valence-electron chi connectivity index (χ4n) is 1.48. The maximum atomic E-state index is 11.6. The number of nitrogens with zero attached hydrogens (tertiary/aromatic N) is 2. The predicted octanol–water partition coefficient (Wildman–Crippen LogP) is 1.99. The molecule has 0 amide bonds. The van der Waals surface area contributed by atoms with Crippen molar-refractivity contribution in [1.29, 1.82) is 0 Å². The Morgan fingerprint density at radius 2 is 1.93 bits per heavy atom. The molecule has 0 saturated heterocycles. The second-order valence-corrected chi connectivity index (χ2v) is 4.68. The molecule has 0 bridgehead atoms. The molecule has 0 spiro atoms. The summed E-state index contributed by atoms with van der Waals surface area (Å²) in [6, 6.07) is 5.36. The molecule has 2 rings (SSSR count). The van der Waals surface area contributed by atoms with E-state index in [1.165, 1.54) is 12.3 Å². The number of fused-ring (bicyclic) bond motifs is 1. The average Bonchev–Trinajstić information content (AvgIpc) is 2.16. The van der Waals surface area contributed by atoms with Crippen LogP contribution >= 0.6 is 0 Å². The third-order valence-electron chi connectivity index (χ3n) is 2.45. The van der Waals surface area contributed by atoms with E-state index >= 15 is 0 Å². The lowest BCUT2D eigenvalue weighted by molar-refractivity contribution is 0.586. The molecule has 78 valence electrons. The molecule has 0 saturated carbocycles. The first-order valence-corrected chi connectivity index (χ1v) is 4.96. The molecule has 2 aromatic heterocycles. The maximum absolute atomic E-state index is 11.6. The van der Waals surface area contributed by atoms with E-state index in [1.54, 1.807) is 4.40 Å². The summed E-state index contributed by atoms with van der Waals surface area (Å²) in [5, 5.41) is 0. The van der Waals surface area contributed by atoms with Crippen LogP contribution in [0.25, 0.3) is 5.65 Å². The summed E-state index contributed by atoms with van der Waals surface area (Å²) in [6.07, 6.45) is 3.40. The third-order valence-corrected chi connectivity index (χ3v) is 2.45. The largest absolute Gasteiger partial charge is 0.269 e. The smallest absolute Gasteiger partial charge is 0.257 e. The first kappa shape index (κ1) is 9.90. The Bertz CT molecular complexity index is 549. The molecule has 3 heteroatoms. The number of rotatable bonds is 0. The fourth-order valence-corrected chi connectivity index (χ4v) is 1.48. The van der Waals surface area contributed by atoms with Crippen LogP contribution in [0.15, 0.2) is 35.4 Å². The van der Waals surface area contributed by atoms with Gasteiger partial charge in [-0.2, -0.15) is 0 Å². The summed E-state index contributed by atoms with van der Waals surface area (Å²) in [6.45, 7) is 6.36. The van der Waals surface area contributed by atoms with Crippen LogP contribution < -0.4 is 5.56 Å². The van der Waals surface area contributed by atoms with Gasteiger partial charge in [0.15, 0.2) is 0 Å². The Morgan fingerprint density at radius 3 is 2.60 bits per heavy atom. The van der Waals surface area contributed by atoms with Crippen LogP contribution in [0.2, 0.25) is 0 Å². The van der Waals surface area contributed by atoms with Crippen molar-refractivity contribution in [3.05, 3.63) is 46.5 Å². The van der Waals surface area contributed by atoms with Gasteiger partial charge in [0.25, 0.3) is 5.56 Å². The van der Waals surface area contributed by atoms with Gasteiger partial charge in [-0.3, -0.25) is 9.20 Å². The summed E-state index contributed by atoms with van der Waals surface area (Å²) < 4.78 is 1.58.